The number of amides is 2. The van der Waals surface area contributed by atoms with Crippen molar-refractivity contribution in [2.75, 3.05) is 16.0 Å². The van der Waals surface area contributed by atoms with E-state index in [1.807, 2.05) is 35.8 Å². The number of rotatable bonds is 6. The Balaban J connectivity index is 1.78. The van der Waals surface area contributed by atoms with Gasteiger partial charge in [-0.25, -0.2) is 5.84 Å². The third-order valence-electron chi connectivity index (χ3n) is 4.46. The van der Waals surface area contributed by atoms with Crippen LogP contribution in [0, 0.1) is 0 Å². The van der Waals surface area contributed by atoms with Crippen molar-refractivity contribution in [1.82, 2.24) is 5.43 Å². The highest BCUT2D eigenvalue weighted by Gasteiger charge is 2.20. The molecule has 0 unspecified atom stereocenters. The normalized spacial score (nSPS) is 10.1. The fraction of sp³-hybridized carbons (Fsp3) is 0.0435. The molecule has 0 heterocycles. The highest BCUT2D eigenvalue weighted by atomic mass is 32.1. The fourth-order valence-electron chi connectivity index (χ4n) is 3.01. The maximum atomic E-state index is 12.9. The first-order valence-electron chi connectivity index (χ1n) is 9.58. The van der Waals surface area contributed by atoms with Crippen molar-refractivity contribution >= 4 is 52.0 Å². The minimum atomic E-state index is -0.682. The molecule has 32 heavy (non-hydrogen) atoms. The van der Waals surface area contributed by atoms with Crippen LogP contribution in [0.4, 0.5) is 17.1 Å². The van der Waals surface area contributed by atoms with Crippen molar-refractivity contribution in [3.8, 4) is 0 Å². The molecule has 0 spiro atoms. The van der Waals surface area contributed by atoms with E-state index in [2.05, 4.69) is 16.0 Å². The number of para-hydroxylation sites is 1. The zero-order chi connectivity index (χ0) is 23.1. The Hall–Kier alpha value is -4.08. The summed E-state index contributed by atoms with van der Waals surface area (Å²) in [5.74, 6) is 3.78. The summed E-state index contributed by atoms with van der Waals surface area (Å²) >= 11 is 5.32. The molecule has 6 N–H and O–H groups in total. The van der Waals surface area contributed by atoms with Gasteiger partial charge in [0.15, 0.2) is 10.9 Å². The molecule has 0 atom stereocenters. The summed E-state index contributed by atoms with van der Waals surface area (Å²) in [5.41, 5.74) is 4.08. The monoisotopic (exact) mass is 447 g/mol. The maximum absolute atomic E-state index is 12.9. The summed E-state index contributed by atoms with van der Waals surface area (Å²) in [6, 6.07) is 20.7. The van der Waals surface area contributed by atoms with E-state index < -0.39 is 11.8 Å². The minimum Gasteiger partial charge on any atom is -0.332 e. The Bertz CT molecular complexity index is 1180. The lowest BCUT2D eigenvalue weighted by atomic mass is 10.0. The summed E-state index contributed by atoms with van der Waals surface area (Å²) < 4.78 is 0. The number of Topliss-reactive ketones (excluding diaryl/α,β-unsaturated/α-hetero) is 1. The Morgan fingerprint density at radius 1 is 0.781 bits per heavy atom. The predicted molar refractivity (Wildman–Crippen MR) is 129 cm³/mol. The molecule has 0 radical (unpaired) electrons. The number of carbonyl (C=O) groups excluding carboxylic acids is 3. The number of ketones is 1. The van der Waals surface area contributed by atoms with Crippen LogP contribution in [0.15, 0.2) is 72.8 Å². The summed E-state index contributed by atoms with van der Waals surface area (Å²) in [7, 11) is 0. The first kappa shape index (κ1) is 22.6. The quantitative estimate of drug-likeness (QED) is 0.129. The molecule has 0 fully saturated rings. The molecule has 0 aliphatic heterocycles. The Morgan fingerprint density at radius 3 is 2.12 bits per heavy atom. The Morgan fingerprint density at radius 2 is 1.44 bits per heavy atom. The maximum Gasteiger partial charge on any atom is 0.268 e. The first-order valence-corrected chi connectivity index (χ1v) is 9.99. The number of nitrogen functional groups attached to an aromatic ring is 1. The van der Waals surface area contributed by atoms with Crippen LogP contribution in [-0.4, -0.2) is 22.7 Å². The molecule has 0 aliphatic rings. The molecule has 9 heteroatoms. The second-order valence-corrected chi connectivity index (χ2v) is 7.15. The lowest BCUT2D eigenvalue weighted by Crippen LogP contribution is -2.32. The van der Waals surface area contributed by atoms with Crippen molar-refractivity contribution in [2.24, 2.45) is 5.84 Å². The van der Waals surface area contributed by atoms with E-state index in [1.54, 1.807) is 30.3 Å². The third-order valence-corrected chi connectivity index (χ3v) is 4.67. The second-order valence-electron chi connectivity index (χ2n) is 6.74. The predicted octanol–water partition coefficient (Wildman–Crippen LogP) is 3.55. The van der Waals surface area contributed by atoms with Gasteiger partial charge in [-0.2, -0.15) is 0 Å². The number of hydrazine groups is 1. The van der Waals surface area contributed by atoms with Gasteiger partial charge in [-0.1, -0.05) is 36.4 Å². The van der Waals surface area contributed by atoms with Gasteiger partial charge in [0.2, 0.25) is 0 Å². The van der Waals surface area contributed by atoms with Gasteiger partial charge in [0.05, 0.1) is 11.3 Å². The van der Waals surface area contributed by atoms with E-state index in [0.717, 1.165) is 5.69 Å². The van der Waals surface area contributed by atoms with Gasteiger partial charge >= 0.3 is 0 Å². The average Bonchev–Trinajstić information content (AvgIpc) is 2.79. The highest BCUT2D eigenvalue weighted by molar-refractivity contribution is 7.80. The van der Waals surface area contributed by atoms with Gasteiger partial charge in [0, 0.05) is 22.5 Å². The lowest BCUT2D eigenvalue weighted by Gasteiger charge is -2.14. The SMILES string of the molecule is CC(=O)c1cccc(NC(=O)c2cccc(NC(=S)Nc3ccccc3)c2)c1C(=O)NN. The van der Waals surface area contributed by atoms with E-state index >= 15 is 0 Å². The molecular formula is C23H21N5O3S. The van der Waals surface area contributed by atoms with Crippen LogP contribution in [0.2, 0.25) is 0 Å². The van der Waals surface area contributed by atoms with Gasteiger partial charge in [0.25, 0.3) is 11.8 Å². The van der Waals surface area contributed by atoms with Crippen LogP contribution in [0.25, 0.3) is 0 Å². The Labute approximate surface area is 190 Å². The highest BCUT2D eigenvalue weighted by Crippen LogP contribution is 2.22. The van der Waals surface area contributed by atoms with Crippen LogP contribution in [-0.2, 0) is 0 Å². The molecule has 8 nitrogen and oxygen atoms in total. The summed E-state index contributed by atoms with van der Waals surface area (Å²) in [6.45, 7) is 1.33. The van der Waals surface area contributed by atoms with Crippen LogP contribution in [0.1, 0.15) is 38.0 Å². The zero-order valence-electron chi connectivity index (χ0n) is 17.1. The van der Waals surface area contributed by atoms with Crippen LogP contribution >= 0.6 is 12.2 Å². The van der Waals surface area contributed by atoms with Crippen molar-refractivity contribution < 1.29 is 14.4 Å². The number of anilines is 3. The van der Waals surface area contributed by atoms with E-state index in [4.69, 9.17) is 18.1 Å². The zero-order valence-corrected chi connectivity index (χ0v) is 18.0. The molecule has 0 saturated heterocycles. The smallest absolute Gasteiger partial charge is 0.268 e. The minimum absolute atomic E-state index is 0.00151. The number of thiocarbonyl (C=S) groups is 1. The first-order chi connectivity index (χ1) is 15.4. The van der Waals surface area contributed by atoms with E-state index in [-0.39, 0.29) is 22.6 Å². The Kier molecular flexibility index (Phi) is 7.27. The van der Waals surface area contributed by atoms with Crippen LogP contribution in [0.5, 0.6) is 0 Å². The molecule has 3 rings (SSSR count). The number of nitrogens with one attached hydrogen (secondary N) is 4. The molecule has 3 aromatic carbocycles. The van der Waals surface area contributed by atoms with Gasteiger partial charge in [0.1, 0.15) is 0 Å². The molecular weight excluding hydrogens is 426 g/mol. The van der Waals surface area contributed by atoms with Crippen molar-refractivity contribution in [3.05, 3.63) is 89.5 Å². The summed E-state index contributed by atoms with van der Waals surface area (Å²) in [4.78, 5) is 37.0. The topological polar surface area (TPSA) is 125 Å². The molecule has 2 amide bonds. The lowest BCUT2D eigenvalue weighted by molar-refractivity contribution is 0.0939. The van der Waals surface area contributed by atoms with Crippen molar-refractivity contribution in [3.63, 3.8) is 0 Å². The van der Waals surface area contributed by atoms with Gasteiger partial charge in [-0.3, -0.25) is 19.8 Å². The standard InChI is InChI=1S/C23H21N5O3S/c1-14(29)18-11-6-12-19(20(18)22(31)28-24)27-21(30)15-7-5-10-17(13-15)26-23(32)25-16-8-3-2-4-9-16/h2-13H,24H2,1H3,(H,27,30)(H,28,31)(H2,25,26,32). The van der Waals surface area contributed by atoms with Crippen molar-refractivity contribution in [1.29, 1.82) is 0 Å². The molecule has 0 bridgehead atoms. The largest absolute Gasteiger partial charge is 0.332 e. The molecule has 0 saturated carbocycles. The summed E-state index contributed by atoms with van der Waals surface area (Å²) in [5, 5.41) is 9.12. The second kappa shape index (κ2) is 10.3. The van der Waals surface area contributed by atoms with Gasteiger partial charge < -0.3 is 16.0 Å². The van der Waals surface area contributed by atoms with Crippen LogP contribution < -0.4 is 27.2 Å². The van der Waals surface area contributed by atoms with E-state index in [1.165, 1.54) is 19.1 Å². The van der Waals surface area contributed by atoms with Crippen molar-refractivity contribution in [2.45, 2.75) is 6.92 Å². The average molecular weight is 448 g/mol. The number of nitrogens with two attached hydrogens (primary N) is 1. The van der Waals surface area contributed by atoms with E-state index in [0.29, 0.717) is 16.4 Å². The van der Waals surface area contributed by atoms with E-state index in [9.17, 15) is 14.4 Å². The number of hydrogen-bond donors (Lipinski definition) is 5. The summed E-state index contributed by atoms with van der Waals surface area (Å²) in [6.07, 6.45) is 0. The van der Waals surface area contributed by atoms with Crippen LogP contribution in [0.3, 0.4) is 0 Å². The van der Waals surface area contributed by atoms with Gasteiger partial charge in [-0.15, -0.1) is 0 Å². The molecule has 3 aromatic rings. The van der Waals surface area contributed by atoms with Gasteiger partial charge in [-0.05, 0) is 55.5 Å². The number of carbonyl (C=O) groups is 3. The molecule has 162 valence electrons. The number of benzene rings is 3. The third kappa shape index (κ3) is 5.54. The molecule has 0 aliphatic carbocycles. The number of hydrogen-bond acceptors (Lipinski definition) is 5. The fourth-order valence-corrected chi connectivity index (χ4v) is 3.25. The molecule has 0 aromatic heterocycles.